The average Bonchev–Trinajstić information content (AvgIpc) is 3.18. The van der Waals surface area contributed by atoms with E-state index in [1.807, 2.05) is 43.3 Å². The highest BCUT2D eigenvalue weighted by Crippen LogP contribution is 2.31. The van der Waals surface area contributed by atoms with E-state index in [1.165, 1.54) is 11.1 Å². The molecule has 1 aromatic heterocycles. The van der Waals surface area contributed by atoms with Crippen LogP contribution in [0.1, 0.15) is 75.4 Å². The molecule has 0 aliphatic carbocycles. The number of fused-ring (bicyclic) bond motifs is 1. The largest absolute Gasteiger partial charge is 0.479 e. The lowest BCUT2D eigenvalue weighted by Crippen LogP contribution is -2.44. The van der Waals surface area contributed by atoms with Crippen molar-refractivity contribution in [2.45, 2.75) is 85.3 Å². The molecule has 0 saturated heterocycles. The number of hydrogen-bond donors (Lipinski definition) is 3. The molecule has 0 aliphatic heterocycles. The van der Waals surface area contributed by atoms with Gasteiger partial charge in [-0.25, -0.2) is 29.0 Å². The molecule has 4 aromatic carbocycles. The lowest BCUT2D eigenvalue weighted by molar-refractivity contribution is -0.138. The molecule has 3 N–H and O–H groups in total. The summed E-state index contributed by atoms with van der Waals surface area (Å²) in [5, 5.41) is 17.1. The van der Waals surface area contributed by atoms with Crippen LogP contribution in [0.15, 0.2) is 103 Å². The second-order valence-electron chi connectivity index (χ2n) is 16.6. The number of carbonyl (C=O) groups excluding carboxylic acids is 4. The number of hydrogen-bond acceptors (Lipinski definition) is 11. The van der Waals surface area contributed by atoms with Gasteiger partial charge in [0.25, 0.3) is 0 Å². The summed E-state index contributed by atoms with van der Waals surface area (Å²) in [4.78, 5) is 71.0. The van der Waals surface area contributed by atoms with E-state index >= 15 is 0 Å². The van der Waals surface area contributed by atoms with Crippen molar-refractivity contribution >= 4 is 58.3 Å². The van der Waals surface area contributed by atoms with Crippen LogP contribution >= 0.6 is 0 Å². The third kappa shape index (κ3) is 13.2. The number of nitrogens with one attached hydrogen (secondary N) is 2. The van der Waals surface area contributed by atoms with Crippen molar-refractivity contribution in [3.8, 4) is 0 Å². The molecule has 0 aliphatic rings. The summed E-state index contributed by atoms with van der Waals surface area (Å²) < 4.78 is 21.9. The highest BCUT2D eigenvalue weighted by molar-refractivity contribution is 6.14. The van der Waals surface area contributed by atoms with Crippen molar-refractivity contribution in [1.29, 1.82) is 0 Å². The minimum absolute atomic E-state index is 0.00636. The van der Waals surface area contributed by atoms with Gasteiger partial charge in [0, 0.05) is 43.0 Å². The Morgan fingerprint density at radius 1 is 0.742 bits per heavy atom. The molecule has 15 heteroatoms. The Kier molecular flexibility index (Phi) is 14.8. The lowest BCUT2D eigenvalue weighted by atomic mass is 9.98. The fourth-order valence-corrected chi connectivity index (χ4v) is 6.25. The SMILES string of the molecule is Cc1cc(C(Nc2ccc3c(N(C(=O)OC(C)(C)C)C(=O)OC(C)(C)C)nccc3c2)C(=O)O)ccc1CCOC(=O)Nc1cccc(CN(C)C(=O)OCc2ccccc2)c1. The molecule has 1 heterocycles. The van der Waals surface area contributed by atoms with Crippen LogP contribution in [0.2, 0.25) is 0 Å². The van der Waals surface area contributed by atoms with E-state index in [4.69, 9.17) is 18.9 Å². The van der Waals surface area contributed by atoms with Crippen LogP contribution in [0.4, 0.5) is 36.4 Å². The number of aryl methyl sites for hydroxylation is 1. The summed E-state index contributed by atoms with van der Waals surface area (Å²) in [5.74, 6) is -1.12. The smallest absolute Gasteiger partial charge is 0.425 e. The highest BCUT2D eigenvalue weighted by atomic mass is 16.6. The Balaban J connectivity index is 1.19. The minimum Gasteiger partial charge on any atom is -0.479 e. The molecule has 5 aromatic rings. The first-order chi connectivity index (χ1) is 29.3. The molecule has 0 bridgehead atoms. The van der Waals surface area contributed by atoms with Gasteiger partial charge in [-0.05, 0) is 118 Å². The quantitative estimate of drug-likeness (QED) is 0.0954. The molecule has 0 saturated carbocycles. The number of pyridine rings is 1. The number of imide groups is 1. The van der Waals surface area contributed by atoms with E-state index in [0.717, 1.165) is 27.2 Å². The molecule has 62 heavy (non-hydrogen) atoms. The number of ether oxygens (including phenoxy) is 4. The Hall–Kier alpha value is -7.16. The van der Waals surface area contributed by atoms with Crippen molar-refractivity contribution in [1.82, 2.24) is 9.88 Å². The van der Waals surface area contributed by atoms with Gasteiger partial charge in [0.1, 0.15) is 17.8 Å². The van der Waals surface area contributed by atoms with Gasteiger partial charge in [0.15, 0.2) is 11.9 Å². The van der Waals surface area contributed by atoms with E-state index < -0.39 is 47.6 Å². The first kappa shape index (κ1) is 45.9. The topological polar surface area (TPSA) is 186 Å². The van der Waals surface area contributed by atoms with Crippen LogP contribution in [0.25, 0.3) is 10.8 Å². The summed E-state index contributed by atoms with van der Waals surface area (Å²) in [7, 11) is 1.63. The molecule has 5 rings (SSSR count). The summed E-state index contributed by atoms with van der Waals surface area (Å²) in [6.07, 6.45) is -1.24. The Morgan fingerprint density at radius 2 is 1.42 bits per heavy atom. The number of carboxylic acid groups (broad SMARTS) is 1. The van der Waals surface area contributed by atoms with Gasteiger partial charge in [-0.1, -0.05) is 60.7 Å². The van der Waals surface area contributed by atoms with Crippen molar-refractivity contribution in [3.63, 3.8) is 0 Å². The van der Waals surface area contributed by atoms with E-state index in [2.05, 4.69) is 15.6 Å². The number of rotatable bonds is 13. The van der Waals surface area contributed by atoms with Gasteiger partial charge in [0.05, 0.1) is 6.61 Å². The molecule has 326 valence electrons. The van der Waals surface area contributed by atoms with Gasteiger partial charge >= 0.3 is 30.3 Å². The molecule has 1 atom stereocenters. The Bertz CT molecular complexity index is 2380. The number of nitrogens with zero attached hydrogens (tertiary/aromatic N) is 3. The second kappa shape index (κ2) is 19.9. The number of aliphatic carboxylic acids is 1. The van der Waals surface area contributed by atoms with Gasteiger partial charge in [0.2, 0.25) is 0 Å². The van der Waals surface area contributed by atoms with E-state index in [1.54, 1.807) is 109 Å². The zero-order valence-electron chi connectivity index (χ0n) is 36.2. The maximum absolute atomic E-state index is 13.3. The summed E-state index contributed by atoms with van der Waals surface area (Å²) in [6, 6.07) is 27.2. The lowest BCUT2D eigenvalue weighted by Gasteiger charge is -2.28. The number of amides is 4. The van der Waals surface area contributed by atoms with Crippen molar-refractivity contribution in [2.24, 2.45) is 0 Å². The molecule has 0 radical (unpaired) electrons. The average molecular weight is 848 g/mol. The van der Waals surface area contributed by atoms with Crippen LogP contribution in [0.3, 0.4) is 0 Å². The van der Waals surface area contributed by atoms with Crippen LogP contribution in [0, 0.1) is 6.92 Å². The normalized spacial score (nSPS) is 11.8. The van der Waals surface area contributed by atoms with E-state index in [-0.39, 0.29) is 25.6 Å². The third-order valence-electron chi connectivity index (χ3n) is 9.08. The number of benzene rings is 4. The summed E-state index contributed by atoms with van der Waals surface area (Å²) >= 11 is 0. The Morgan fingerprint density at radius 3 is 2.06 bits per heavy atom. The molecular weight excluding hydrogens is 795 g/mol. The predicted molar refractivity (Wildman–Crippen MR) is 235 cm³/mol. The number of anilines is 3. The first-order valence-corrected chi connectivity index (χ1v) is 19.9. The third-order valence-corrected chi connectivity index (χ3v) is 9.08. The fourth-order valence-electron chi connectivity index (χ4n) is 6.25. The highest BCUT2D eigenvalue weighted by Gasteiger charge is 2.34. The molecule has 4 amide bonds. The zero-order chi connectivity index (χ0) is 45.2. The number of aromatic nitrogens is 1. The standard InChI is InChI=1S/C47H53N5O10/c1-30-25-35(18-17-33(30)22-24-59-42(55)50-36-16-12-15-32(26-36)28-51(8)43(56)60-29-31-13-10-9-11-14-31)39(41(53)54)49-37-19-20-38-34(27-37)21-23-48-40(38)52(44(57)61-46(2,3)4)45(58)62-47(5,6)7/h9-21,23,25-27,39,49H,22,24,28-29H2,1-8H3,(H,50,55)(H,53,54). The fraction of sp³-hybridized carbons (Fsp3) is 0.319. The first-order valence-electron chi connectivity index (χ1n) is 19.9. The van der Waals surface area contributed by atoms with Crippen LogP contribution in [-0.2, 0) is 43.3 Å². The number of carbonyl (C=O) groups is 5. The van der Waals surface area contributed by atoms with Gasteiger partial charge in [-0.3, -0.25) is 5.32 Å². The van der Waals surface area contributed by atoms with Gasteiger partial charge < -0.3 is 34.3 Å². The maximum atomic E-state index is 13.3. The van der Waals surface area contributed by atoms with Gasteiger partial charge in [-0.15, -0.1) is 0 Å². The van der Waals surface area contributed by atoms with Crippen molar-refractivity contribution in [2.75, 3.05) is 29.2 Å². The molecule has 0 fully saturated rings. The maximum Gasteiger partial charge on any atom is 0.425 e. The second-order valence-corrected chi connectivity index (χ2v) is 16.6. The summed E-state index contributed by atoms with van der Waals surface area (Å²) in [6.45, 7) is 12.4. The predicted octanol–water partition coefficient (Wildman–Crippen LogP) is 10.0. The minimum atomic E-state index is -1.14. The summed E-state index contributed by atoms with van der Waals surface area (Å²) in [5.41, 5.74) is 2.95. The van der Waals surface area contributed by atoms with Gasteiger partial charge in [-0.2, -0.15) is 4.90 Å². The van der Waals surface area contributed by atoms with E-state index in [9.17, 15) is 29.1 Å². The van der Waals surface area contributed by atoms with Crippen molar-refractivity contribution < 1.29 is 48.0 Å². The van der Waals surface area contributed by atoms with Crippen LogP contribution < -0.4 is 15.5 Å². The monoisotopic (exact) mass is 847 g/mol. The van der Waals surface area contributed by atoms with E-state index in [0.29, 0.717) is 34.1 Å². The molecule has 15 nitrogen and oxygen atoms in total. The molecule has 0 spiro atoms. The molecule has 1 unspecified atom stereocenters. The Labute approximate surface area is 360 Å². The van der Waals surface area contributed by atoms with Crippen LogP contribution in [0.5, 0.6) is 0 Å². The number of carboxylic acids is 1. The van der Waals surface area contributed by atoms with Crippen LogP contribution in [-0.4, -0.2) is 70.2 Å². The van der Waals surface area contributed by atoms with Crippen molar-refractivity contribution in [3.05, 3.63) is 131 Å². The molecular formula is C47H53N5O10. The zero-order valence-corrected chi connectivity index (χ0v) is 36.2.